The van der Waals surface area contributed by atoms with Gasteiger partial charge in [0, 0.05) is 17.5 Å². The van der Waals surface area contributed by atoms with Gasteiger partial charge in [0.05, 0.1) is 4.47 Å². The highest BCUT2D eigenvalue weighted by molar-refractivity contribution is 9.10. The zero-order valence-corrected chi connectivity index (χ0v) is 8.89. The van der Waals surface area contributed by atoms with Crippen molar-refractivity contribution in [3.8, 4) is 0 Å². The van der Waals surface area contributed by atoms with E-state index >= 15 is 0 Å². The minimum atomic E-state index is 0.831. The van der Waals surface area contributed by atoms with Crippen molar-refractivity contribution < 1.29 is 4.42 Å². The number of halogens is 1. The van der Waals surface area contributed by atoms with Gasteiger partial charge in [-0.1, -0.05) is 12.1 Å². The number of hydrogen-bond acceptors (Lipinski definition) is 2. The Morgan fingerprint density at radius 1 is 1.46 bits per heavy atom. The normalized spacial score (nSPS) is 10.9. The van der Waals surface area contributed by atoms with Gasteiger partial charge in [-0.2, -0.15) is 0 Å². The first kappa shape index (κ1) is 8.78. The first-order chi connectivity index (χ1) is 6.33. The molecule has 0 aliphatic carbocycles. The lowest BCUT2D eigenvalue weighted by atomic mass is 10.1. The van der Waals surface area contributed by atoms with Gasteiger partial charge < -0.3 is 9.73 Å². The summed E-state index contributed by atoms with van der Waals surface area (Å²) in [6.07, 6.45) is 1.73. The second kappa shape index (κ2) is 3.52. The molecule has 0 saturated carbocycles. The van der Waals surface area contributed by atoms with Crippen LogP contribution in [-0.2, 0) is 6.54 Å². The van der Waals surface area contributed by atoms with Crippen LogP contribution in [0.2, 0.25) is 0 Å². The van der Waals surface area contributed by atoms with Crippen molar-refractivity contribution in [2.45, 2.75) is 6.54 Å². The summed E-state index contributed by atoms with van der Waals surface area (Å²) in [6, 6.07) is 6.14. The Morgan fingerprint density at radius 2 is 2.31 bits per heavy atom. The molecule has 2 aromatic rings. The molecule has 2 nitrogen and oxygen atoms in total. The van der Waals surface area contributed by atoms with Gasteiger partial charge in [-0.25, -0.2) is 0 Å². The summed E-state index contributed by atoms with van der Waals surface area (Å²) >= 11 is 3.44. The highest BCUT2D eigenvalue weighted by Gasteiger charge is 2.06. The largest absolute Gasteiger partial charge is 0.463 e. The molecule has 2 rings (SSSR count). The Balaban J connectivity index is 2.63. The number of furan rings is 1. The minimum absolute atomic E-state index is 0.831. The molecule has 0 saturated heterocycles. The SMILES string of the molecule is CNCc1cccc2c(Br)coc12. The van der Waals surface area contributed by atoms with Gasteiger partial charge in [0.1, 0.15) is 11.8 Å². The summed E-state index contributed by atoms with van der Waals surface area (Å²) in [7, 11) is 1.93. The van der Waals surface area contributed by atoms with E-state index in [1.165, 1.54) is 5.56 Å². The Labute approximate surface area is 85.1 Å². The van der Waals surface area contributed by atoms with Crippen LogP contribution in [0.15, 0.2) is 33.4 Å². The van der Waals surface area contributed by atoms with Crippen molar-refractivity contribution in [2.75, 3.05) is 7.05 Å². The van der Waals surface area contributed by atoms with E-state index in [1.807, 2.05) is 19.2 Å². The van der Waals surface area contributed by atoms with E-state index in [1.54, 1.807) is 6.26 Å². The Kier molecular flexibility index (Phi) is 2.38. The van der Waals surface area contributed by atoms with E-state index in [0.29, 0.717) is 0 Å². The van der Waals surface area contributed by atoms with Crippen molar-refractivity contribution in [1.82, 2.24) is 5.32 Å². The molecule has 1 N–H and O–H groups in total. The minimum Gasteiger partial charge on any atom is -0.463 e. The van der Waals surface area contributed by atoms with Crippen molar-refractivity contribution >= 4 is 26.9 Å². The highest BCUT2D eigenvalue weighted by Crippen LogP contribution is 2.28. The third-order valence-corrected chi connectivity index (χ3v) is 2.62. The average Bonchev–Trinajstić information content (AvgIpc) is 2.50. The zero-order valence-electron chi connectivity index (χ0n) is 7.30. The molecule has 0 amide bonds. The highest BCUT2D eigenvalue weighted by atomic mass is 79.9. The van der Waals surface area contributed by atoms with Crippen molar-refractivity contribution in [2.24, 2.45) is 0 Å². The van der Waals surface area contributed by atoms with Gasteiger partial charge in [-0.3, -0.25) is 0 Å². The van der Waals surface area contributed by atoms with E-state index in [2.05, 4.69) is 27.3 Å². The summed E-state index contributed by atoms with van der Waals surface area (Å²) in [5, 5.41) is 4.24. The summed E-state index contributed by atoms with van der Waals surface area (Å²) in [5.74, 6) is 0. The van der Waals surface area contributed by atoms with Crippen LogP contribution in [0.1, 0.15) is 5.56 Å². The monoisotopic (exact) mass is 239 g/mol. The number of para-hydroxylation sites is 1. The van der Waals surface area contributed by atoms with Crippen molar-refractivity contribution in [1.29, 1.82) is 0 Å². The molecule has 3 heteroatoms. The Hall–Kier alpha value is -0.800. The maximum atomic E-state index is 5.45. The Morgan fingerprint density at radius 3 is 3.08 bits per heavy atom. The number of hydrogen-bond donors (Lipinski definition) is 1. The molecule has 0 radical (unpaired) electrons. The first-order valence-electron chi connectivity index (χ1n) is 4.12. The molecule has 0 unspecified atom stereocenters. The van der Waals surface area contributed by atoms with Crippen LogP contribution in [-0.4, -0.2) is 7.05 Å². The fraction of sp³-hybridized carbons (Fsp3) is 0.200. The Bertz CT molecular complexity index is 422. The summed E-state index contributed by atoms with van der Waals surface area (Å²) in [5.41, 5.74) is 2.15. The molecule has 0 spiro atoms. The molecule has 68 valence electrons. The quantitative estimate of drug-likeness (QED) is 0.872. The summed E-state index contributed by atoms with van der Waals surface area (Å²) in [6.45, 7) is 0.831. The van der Waals surface area contributed by atoms with Gasteiger partial charge >= 0.3 is 0 Å². The van der Waals surface area contributed by atoms with Gasteiger partial charge in [0.25, 0.3) is 0 Å². The second-order valence-electron chi connectivity index (χ2n) is 2.91. The van der Waals surface area contributed by atoms with Crippen LogP contribution in [0.3, 0.4) is 0 Å². The fourth-order valence-corrected chi connectivity index (χ4v) is 1.82. The van der Waals surface area contributed by atoms with Gasteiger partial charge in [0.2, 0.25) is 0 Å². The third kappa shape index (κ3) is 1.49. The molecular formula is C10H10BrNO. The van der Waals surface area contributed by atoms with E-state index in [0.717, 1.165) is 22.0 Å². The first-order valence-corrected chi connectivity index (χ1v) is 4.91. The molecule has 13 heavy (non-hydrogen) atoms. The topological polar surface area (TPSA) is 25.2 Å². The molecule has 0 fully saturated rings. The lowest BCUT2D eigenvalue weighted by Crippen LogP contribution is -2.04. The standard InChI is InChI=1S/C10H10BrNO/c1-12-5-7-3-2-4-8-9(11)6-13-10(7)8/h2-4,6,12H,5H2,1H3. The van der Waals surface area contributed by atoms with Gasteiger partial charge in [-0.15, -0.1) is 0 Å². The van der Waals surface area contributed by atoms with Crippen LogP contribution >= 0.6 is 15.9 Å². The number of fused-ring (bicyclic) bond motifs is 1. The molecular weight excluding hydrogens is 230 g/mol. The van der Waals surface area contributed by atoms with Crippen LogP contribution in [0.4, 0.5) is 0 Å². The fourth-order valence-electron chi connectivity index (χ4n) is 1.42. The summed E-state index contributed by atoms with van der Waals surface area (Å²) < 4.78 is 6.46. The predicted octanol–water partition coefficient (Wildman–Crippen LogP) is 2.91. The zero-order chi connectivity index (χ0) is 9.26. The van der Waals surface area contributed by atoms with Gasteiger partial charge in [-0.05, 0) is 29.0 Å². The van der Waals surface area contributed by atoms with Gasteiger partial charge in [0.15, 0.2) is 0 Å². The van der Waals surface area contributed by atoms with Crippen LogP contribution < -0.4 is 5.32 Å². The molecule has 0 atom stereocenters. The molecule has 0 aliphatic rings. The maximum Gasteiger partial charge on any atom is 0.139 e. The molecule has 1 aromatic heterocycles. The van der Waals surface area contributed by atoms with E-state index in [-0.39, 0.29) is 0 Å². The van der Waals surface area contributed by atoms with E-state index in [4.69, 9.17) is 4.42 Å². The molecule has 1 aromatic carbocycles. The predicted molar refractivity (Wildman–Crippen MR) is 56.7 cm³/mol. The summed E-state index contributed by atoms with van der Waals surface area (Å²) in [4.78, 5) is 0. The number of benzene rings is 1. The second-order valence-corrected chi connectivity index (χ2v) is 3.76. The third-order valence-electron chi connectivity index (χ3n) is 2.00. The lowest BCUT2D eigenvalue weighted by molar-refractivity contribution is 0.606. The van der Waals surface area contributed by atoms with Crippen molar-refractivity contribution in [3.63, 3.8) is 0 Å². The smallest absolute Gasteiger partial charge is 0.139 e. The number of rotatable bonds is 2. The number of nitrogens with one attached hydrogen (secondary N) is 1. The maximum absolute atomic E-state index is 5.45. The van der Waals surface area contributed by atoms with Crippen LogP contribution in [0, 0.1) is 0 Å². The molecule has 0 bridgehead atoms. The van der Waals surface area contributed by atoms with E-state index in [9.17, 15) is 0 Å². The van der Waals surface area contributed by atoms with Crippen LogP contribution in [0.5, 0.6) is 0 Å². The molecule has 1 heterocycles. The lowest BCUT2D eigenvalue weighted by Gasteiger charge is -1.99. The van der Waals surface area contributed by atoms with Crippen LogP contribution in [0.25, 0.3) is 11.0 Å². The molecule has 0 aliphatic heterocycles. The average molecular weight is 240 g/mol. The van der Waals surface area contributed by atoms with E-state index < -0.39 is 0 Å². The van der Waals surface area contributed by atoms with Crippen molar-refractivity contribution in [3.05, 3.63) is 34.5 Å².